The van der Waals surface area contributed by atoms with Crippen LogP contribution in [0.5, 0.6) is 5.75 Å². The van der Waals surface area contributed by atoms with Gasteiger partial charge in [0.2, 0.25) is 5.91 Å². The van der Waals surface area contributed by atoms with E-state index in [-0.39, 0.29) is 37.1 Å². The average Bonchev–Trinajstić information content (AvgIpc) is 2.66. The van der Waals surface area contributed by atoms with Crippen molar-refractivity contribution >= 4 is 18.3 Å². The Bertz CT molecular complexity index is 750. The fourth-order valence-corrected chi connectivity index (χ4v) is 2.90. The smallest absolute Gasteiger partial charge is 0.242 e. The lowest BCUT2D eigenvalue weighted by Crippen LogP contribution is -2.45. The van der Waals surface area contributed by atoms with E-state index in [4.69, 9.17) is 15.2 Å². The lowest BCUT2D eigenvalue weighted by Gasteiger charge is -2.28. The number of nitrogens with zero attached hydrogens (tertiary/aromatic N) is 1. The molecular weight excluding hydrogens is 376 g/mol. The summed E-state index contributed by atoms with van der Waals surface area (Å²) in [6.07, 6.45) is 0.151. The number of hydrogen-bond donors (Lipinski definition) is 1. The highest BCUT2D eigenvalue weighted by Crippen LogP contribution is 2.27. The molecule has 0 aliphatic rings. The van der Waals surface area contributed by atoms with Crippen molar-refractivity contribution in [1.82, 2.24) is 4.90 Å². The number of rotatable bonds is 8. The van der Waals surface area contributed by atoms with Crippen molar-refractivity contribution in [3.63, 3.8) is 0 Å². The summed E-state index contributed by atoms with van der Waals surface area (Å²) in [5, 5.41) is 0. The third-order valence-corrected chi connectivity index (χ3v) is 4.52. The molecule has 0 radical (unpaired) electrons. The van der Waals surface area contributed by atoms with Crippen molar-refractivity contribution in [3.05, 3.63) is 54.1 Å². The van der Waals surface area contributed by atoms with Crippen molar-refractivity contribution in [2.45, 2.75) is 39.0 Å². The monoisotopic (exact) mass is 406 g/mol. The first-order valence-electron chi connectivity index (χ1n) is 9.21. The molecule has 154 valence electrons. The minimum absolute atomic E-state index is 0. The summed E-state index contributed by atoms with van der Waals surface area (Å²) in [5.41, 5.74) is 9.13. The number of hydrogen-bond acceptors (Lipinski definition) is 4. The largest absolute Gasteiger partial charge is 0.491 e. The molecule has 1 amide bonds. The van der Waals surface area contributed by atoms with E-state index in [9.17, 15) is 4.79 Å². The molecule has 0 spiro atoms. The van der Waals surface area contributed by atoms with Crippen LogP contribution in [-0.4, -0.2) is 43.7 Å². The molecule has 0 saturated carbocycles. The molecule has 0 fully saturated rings. The summed E-state index contributed by atoms with van der Waals surface area (Å²) in [4.78, 5) is 14.1. The summed E-state index contributed by atoms with van der Waals surface area (Å²) >= 11 is 0. The minimum atomic E-state index is -0.654. The summed E-state index contributed by atoms with van der Waals surface area (Å²) < 4.78 is 10.7. The summed E-state index contributed by atoms with van der Waals surface area (Å²) in [6, 6.07) is 15.5. The molecule has 0 saturated heterocycles. The molecule has 2 N–H and O–H groups in total. The van der Waals surface area contributed by atoms with E-state index in [1.807, 2.05) is 57.2 Å². The standard InChI is InChI=1S/C22H30N2O3.ClH/c1-15(2)27-20-11-9-17(10-12-20)19-8-6-7-18(13-19)16(3)24(4)22(25)21(23)14-26-5;/h6-13,15-16,21H,14,23H2,1-5H3;1H. The molecule has 2 unspecified atom stereocenters. The van der Waals surface area contributed by atoms with E-state index >= 15 is 0 Å². The Balaban J connectivity index is 0.00000392. The molecular formula is C22H31ClN2O3. The number of carbonyl (C=O) groups excluding carboxylic acids is 1. The normalized spacial score (nSPS) is 12.8. The number of methoxy groups -OCH3 is 1. The van der Waals surface area contributed by atoms with Gasteiger partial charge < -0.3 is 20.1 Å². The van der Waals surface area contributed by atoms with Crippen LogP contribution < -0.4 is 10.5 Å². The van der Waals surface area contributed by atoms with Crippen LogP contribution in [-0.2, 0) is 9.53 Å². The van der Waals surface area contributed by atoms with Gasteiger partial charge in [0.15, 0.2) is 0 Å². The van der Waals surface area contributed by atoms with E-state index in [1.165, 1.54) is 7.11 Å². The van der Waals surface area contributed by atoms with Crippen molar-refractivity contribution in [3.8, 4) is 16.9 Å². The SMILES string of the molecule is COCC(N)C(=O)N(C)C(C)c1cccc(-c2ccc(OC(C)C)cc2)c1.Cl. The maximum atomic E-state index is 12.4. The molecule has 0 aliphatic carbocycles. The van der Waals surface area contributed by atoms with E-state index in [0.29, 0.717) is 0 Å². The lowest BCUT2D eigenvalue weighted by molar-refractivity contribution is -0.134. The molecule has 6 heteroatoms. The highest BCUT2D eigenvalue weighted by molar-refractivity contribution is 5.85. The van der Waals surface area contributed by atoms with E-state index < -0.39 is 6.04 Å². The van der Waals surface area contributed by atoms with Gasteiger partial charge in [-0.15, -0.1) is 12.4 Å². The third kappa shape index (κ3) is 6.23. The number of nitrogens with two attached hydrogens (primary N) is 1. The zero-order chi connectivity index (χ0) is 20.0. The molecule has 0 heterocycles. The Kier molecular flexibility index (Phi) is 9.46. The van der Waals surface area contributed by atoms with Crippen LogP contribution in [0.4, 0.5) is 0 Å². The predicted octanol–water partition coefficient (Wildman–Crippen LogP) is 4.06. The van der Waals surface area contributed by atoms with Crippen LogP contribution in [0.15, 0.2) is 48.5 Å². The van der Waals surface area contributed by atoms with Crippen molar-refractivity contribution < 1.29 is 14.3 Å². The molecule has 2 aromatic rings. The molecule has 2 rings (SSSR count). The number of benzene rings is 2. The molecule has 28 heavy (non-hydrogen) atoms. The molecule has 0 aromatic heterocycles. The van der Waals surface area contributed by atoms with Crippen molar-refractivity contribution in [1.29, 1.82) is 0 Å². The first-order valence-corrected chi connectivity index (χ1v) is 9.21. The van der Waals surface area contributed by atoms with Gasteiger partial charge >= 0.3 is 0 Å². The zero-order valence-electron chi connectivity index (χ0n) is 17.2. The molecule has 2 atom stereocenters. The van der Waals surface area contributed by atoms with Crippen LogP contribution >= 0.6 is 12.4 Å². The van der Waals surface area contributed by atoms with Crippen LogP contribution in [0.3, 0.4) is 0 Å². The Morgan fingerprint density at radius 3 is 2.29 bits per heavy atom. The van der Waals surface area contributed by atoms with Crippen molar-refractivity contribution in [2.75, 3.05) is 20.8 Å². The second-order valence-corrected chi connectivity index (χ2v) is 7.00. The first kappa shape index (κ1) is 24.0. The Hall–Kier alpha value is -2.08. The van der Waals surface area contributed by atoms with E-state index in [2.05, 4.69) is 12.1 Å². The fraction of sp³-hybridized carbons (Fsp3) is 0.409. The van der Waals surface area contributed by atoms with Gasteiger partial charge in [-0.2, -0.15) is 0 Å². The molecule has 5 nitrogen and oxygen atoms in total. The van der Waals surface area contributed by atoms with Gasteiger partial charge in [0, 0.05) is 14.2 Å². The van der Waals surface area contributed by atoms with Gasteiger partial charge in [0.05, 0.1) is 18.8 Å². The first-order chi connectivity index (χ1) is 12.8. The second kappa shape index (κ2) is 11.1. The van der Waals surface area contributed by atoms with Crippen LogP contribution in [0, 0.1) is 0 Å². The van der Waals surface area contributed by atoms with Crippen molar-refractivity contribution in [2.24, 2.45) is 5.73 Å². The number of ether oxygens (including phenoxy) is 2. The Morgan fingerprint density at radius 1 is 1.07 bits per heavy atom. The van der Waals surface area contributed by atoms with Gasteiger partial charge in [0.25, 0.3) is 0 Å². The van der Waals surface area contributed by atoms with E-state index in [0.717, 1.165) is 22.4 Å². The average molecular weight is 407 g/mol. The molecule has 2 aromatic carbocycles. The minimum Gasteiger partial charge on any atom is -0.491 e. The number of likely N-dealkylation sites (N-methyl/N-ethyl adjacent to an activating group) is 1. The quantitative estimate of drug-likeness (QED) is 0.718. The Morgan fingerprint density at radius 2 is 1.71 bits per heavy atom. The van der Waals surface area contributed by atoms with Gasteiger partial charge in [-0.3, -0.25) is 4.79 Å². The second-order valence-electron chi connectivity index (χ2n) is 7.00. The lowest BCUT2D eigenvalue weighted by atomic mass is 9.99. The predicted molar refractivity (Wildman–Crippen MR) is 116 cm³/mol. The van der Waals surface area contributed by atoms with E-state index in [1.54, 1.807) is 11.9 Å². The van der Waals surface area contributed by atoms with Gasteiger partial charge in [-0.1, -0.05) is 30.3 Å². The highest BCUT2D eigenvalue weighted by Gasteiger charge is 2.23. The molecule has 0 aliphatic heterocycles. The number of halogens is 1. The highest BCUT2D eigenvalue weighted by atomic mass is 35.5. The summed E-state index contributed by atoms with van der Waals surface area (Å²) in [5.74, 6) is 0.723. The van der Waals surface area contributed by atoms with Gasteiger partial charge in [-0.05, 0) is 55.7 Å². The van der Waals surface area contributed by atoms with Crippen LogP contribution in [0.2, 0.25) is 0 Å². The van der Waals surface area contributed by atoms with Gasteiger partial charge in [-0.25, -0.2) is 0 Å². The van der Waals surface area contributed by atoms with Gasteiger partial charge in [0.1, 0.15) is 11.8 Å². The fourth-order valence-electron chi connectivity index (χ4n) is 2.90. The number of carbonyl (C=O) groups is 1. The maximum absolute atomic E-state index is 12.4. The summed E-state index contributed by atoms with van der Waals surface area (Å²) in [6.45, 7) is 6.22. The topological polar surface area (TPSA) is 64.8 Å². The van der Waals surface area contributed by atoms with Crippen LogP contribution in [0.1, 0.15) is 32.4 Å². The van der Waals surface area contributed by atoms with Crippen LogP contribution in [0.25, 0.3) is 11.1 Å². The zero-order valence-corrected chi connectivity index (χ0v) is 18.0. The Labute approximate surface area is 174 Å². The maximum Gasteiger partial charge on any atom is 0.242 e. The number of amides is 1. The third-order valence-electron chi connectivity index (χ3n) is 4.52. The summed E-state index contributed by atoms with van der Waals surface area (Å²) in [7, 11) is 3.31. The molecule has 0 bridgehead atoms.